The first kappa shape index (κ1) is 23.4. The van der Waals surface area contributed by atoms with E-state index in [9.17, 15) is 4.79 Å². The molecule has 2 aromatic rings. The number of anilines is 2. The molecule has 6 heteroatoms. The highest BCUT2D eigenvalue weighted by atomic mass is 16.5. The molecule has 1 amide bonds. The van der Waals surface area contributed by atoms with Gasteiger partial charge < -0.3 is 24.4 Å². The Labute approximate surface area is 180 Å². The molecule has 1 N–H and O–H groups in total. The summed E-state index contributed by atoms with van der Waals surface area (Å²) in [6.45, 7) is 15.2. The van der Waals surface area contributed by atoms with Gasteiger partial charge in [-0.05, 0) is 77.4 Å². The Hall–Kier alpha value is -2.89. The van der Waals surface area contributed by atoms with Crippen molar-refractivity contribution in [3.63, 3.8) is 0 Å². The maximum atomic E-state index is 13.0. The van der Waals surface area contributed by atoms with Crippen LogP contribution in [0.5, 0.6) is 17.2 Å². The number of rotatable bonds is 11. The number of ether oxygens (including phenoxy) is 3. The average Bonchev–Trinajstić information content (AvgIpc) is 2.73. The average molecular weight is 415 g/mol. The summed E-state index contributed by atoms with van der Waals surface area (Å²) in [5.41, 5.74) is 3.39. The molecule has 0 saturated carbocycles. The van der Waals surface area contributed by atoms with Crippen molar-refractivity contribution in [3.05, 3.63) is 41.5 Å². The van der Waals surface area contributed by atoms with Crippen LogP contribution < -0.4 is 24.4 Å². The van der Waals surface area contributed by atoms with Gasteiger partial charge in [-0.1, -0.05) is 0 Å². The standard InChI is InChI=1S/C24H34N2O4/c1-7-26(8-2)19-12-13-20(17(6)14-19)25-24(27)18-15-21(28-9-3)23(30-11-5)22(16-18)29-10-4/h12-16H,7-11H2,1-6H3,(H,25,27). The lowest BCUT2D eigenvalue weighted by atomic mass is 10.1. The summed E-state index contributed by atoms with van der Waals surface area (Å²) in [4.78, 5) is 15.3. The fourth-order valence-corrected chi connectivity index (χ4v) is 3.29. The van der Waals surface area contributed by atoms with Crippen LogP contribution in [0.15, 0.2) is 30.3 Å². The quantitative estimate of drug-likeness (QED) is 0.541. The van der Waals surface area contributed by atoms with Crippen LogP contribution in [-0.4, -0.2) is 38.8 Å². The predicted octanol–water partition coefficient (Wildman–Crippen LogP) is 5.29. The van der Waals surface area contributed by atoms with Crippen LogP contribution in [0, 0.1) is 6.92 Å². The van der Waals surface area contributed by atoms with Gasteiger partial charge in [0, 0.05) is 30.0 Å². The smallest absolute Gasteiger partial charge is 0.255 e. The molecular weight excluding hydrogens is 380 g/mol. The first-order valence-corrected chi connectivity index (χ1v) is 10.7. The highest BCUT2D eigenvalue weighted by molar-refractivity contribution is 6.05. The first-order valence-electron chi connectivity index (χ1n) is 10.7. The number of amides is 1. The Morgan fingerprint density at radius 2 is 1.43 bits per heavy atom. The summed E-state index contributed by atoms with van der Waals surface area (Å²) in [7, 11) is 0. The van der Waals surface area contributed by atoms with Crippen LogP contribution in [0.25, 0.3) is 0 Å². The van der Waals surface area contributed by atoms with Crippen LogP contribution in [-0.2, 0) is 0 Å². The monoisotopic (exact) mass is 414 g/mol. The van der Waals surface area contributed by atoms with E-state index in [1.165, 1.54) is 0 Å². The fourth-order valence-electron chi connectivity index (χ4n) is 3.29. The van der Waals surface area contributed by atoms with Crippen LogP contribution in [0.3, 0.4) is 0 Å². The number of hydrogen-bond donors (Lipinski definition) is 1. The third kappa shape index (κ3) is 5.59. The topological polar surface area (TPSA) is 60.0 Å². The van der Waals surface area contributed by atoms with Gasteiger partial charge >= 0.3 is 0 Å². The lowest BCUT2D eigenvalue weighted by Gasteiger charge is -2.22. The summed E-state index contributed by atoms with van der Waals surface area (Å²) in [5, 5.41) is 3.01. The minimum atomic E-state index is -0.223. The molecule has 0 aliphatic rings. The van der Waals surface area contributed by atoms with E-state index in [1.54, 1.807) is 12.1 Å². The van der Waals surface area contributed by atoms with E-state index in [4.69, 9.17) is 14.2 Å². The largest absolute Gasteiger partial charge is 0.490 e. The molecule has 0 atom stereocenters. The second kappa shape index (κ2) is 11.3. The van der Waals surface area contributed by atoms with Gasteiger partial charge in [0.15, 0.2) is 11.5 Å². The maximum Gasteiger partial charge on any atom is 0.255 e. The van der Waals surface area contributed by atoms with Crippen molar-refractivity contribution >= 4 is 17.3 Å². The van der Waals surface area contributed by atoms with Gasteiger partial charge in [-0.15, -0.1) is 0 Å². The molecule has 0 saturated heterocycles. The number of nitrogens with zero attached hydrogens (tertiary/aromatic N) is 1. The maximum absolute atomic E-state index is 13.0. The summed E-state index contributed by atoms with van der Waals surface area (Å²) < 4.78 is 17.2. The molecule has 0 aliphatic carbocycles. The van der Waals surface area contributed by atoms with E-state index in [-0.39, 0.29) is 5.91 Å². The fraction of sp³-hybridized carbons (Fsp3) is 0.458. The van der Waals surface area contributed by atoms with Gasteiger partial charge in [0.05, 0.1) is 19.8 Å². The van der Waals surface area contributed by atoms with Gasteiger partial charge in [0.2, 0.25) is 5.75 Å². The van der Waals surface area contributed by atoms with Crippen molar-refractivity contribution in [3.8, 4) is 17.2 Å². The van der Waals surface area contributed by atoms with Gasteiger partial charge in [0.25, 0.3) is 5.91 Å². The number of carbonyl (C=O) groups is 1. The Kier molecular flexibility index (Phi) is 8.84. The lowest BCUT2D eigenvalue weighted by molar-refractivity contribution is 0.102. The number of benzene rings is 2. The van der Waals surface area contributed by atoms with E-state index in [1.807, 2.05) is 39.8 Å². The molecule has 2 aromatic carbocycles. The van der Waals surface area contributed by atoms with Gasteiger partial charge in [0.1, 0.15) is 0 Å². The molecule has 0 unspecified atom stereocenters. The number of carbonyl (C=O) groups excluding carboxylic acids is 1. The van der Waals surface area contributed by atoms with Crippen molar-refractivity contribution in [1.29, 1.82) is 0 Å². The molecule has 0 heterocycles. The second-order valence-corrected chi connectivity index (χ2v) is 6.73. The van der Waals surface area contributed by atoms with Crippen molar-refractivity contribution in [1.82, 2.24) is 0 Å². The first-order chi connectivity index (χ1) is 14.5. The minimum absolute atomic E-state index is 0.223. The third-order valence-corrected chi connectivity index (χ3v) is 4.76. The van der Waals surface area contributed by atoms with Crippen molar-refractivity contribution in [2.24, 2.45) is 0 Å². The molecule has 0 radical (unpaired) electrons. The second-order valence-electron chi connectivity index (χ2n) is 6.73. The summed E-state index contributed by atoms with van der Waals surface area (Å²) in [6.07, 6.45) is 0. The van der Waals surface area contributed by atoms with E-state index in [0.717, 1.165) is 30.0 Å². The highest BCUT2D eigenvalue weighted by Crippen LogP contribution is 2.39. The zero-order valence-corrected chi connectivity index (χ0v) is 19.0. The SMILES string of the molecule is CCOc1cc(C(=O)Nc2ccc(N(CC)CC)cc2C)cc(OCC)c1OCC. The van der Waals surface area contributed by atoms with Crippen LogP contribution in [0.4, 0.5) is 11.4 Å². The van der Waals surface area contributed by atoms with Gasteiger partial charge in [-0.2, -0.15) is 0 Å². The summed E-state index contributed by atoms with van der Waals surface area (Å²) in [6, 6.07) is 9.48. The molecule has 0 bridgehead atoms. The molecule has 0 aromatic heterocycles. The molecular formula is C24H34N2O4. The van der Waals surface area contributed by atoms with Crippen LogP contribution in [0.2, 0.25) is 0 Å². The Bertz CT molecular complexity index is 820. The molecule has 6 nitrogen and oxygen atoms in total. The third-order valence-electron chi connectivity index (χ3n) is 4.76. The Balaban J connectivity index is 2.34. The molecule has 30 heavy (non-hydrogen) atoms. The van der Waals surface area contributed by atoms with Crippen molar-refractivity contribution in [2.75, 3.05) is 43.1 Å². The molecule has 0 fully saturated rings. The number of nitrogens with one attached hydrogen (secondary N) is 1. The normalized spacial score (nSPS) is 10.5. The van der Waals surface area contributed by atoms with Crippen LogP contribution in [0.1, 0.15) is 50.5 Å². The lowest BCUT2D eigenvalue weighted by Crippen LogP contribution is -2.22. The molecule has 0 aliphatic heterocycles. The summed E-state index contributed by atoms with van der Waals surface area (Å²) in [5.74, 6) is 1.31. The van der Waals surface area contributed by atoms with E-state index < -0.39 is 0 Å². The molecule has 164 valence electrons. The predicted molar refractivity (Wildman–Crippen MR) is 123 cm³/mol. The van der Waals surface area contributed by atoms with E-state index in [0.29, 0.717) is 42.6 Å². The minimum Gasteiger partial charge on any atom is -0.490 e. The zero-order valence-electron chi connectivity index (χ0n) is 19.0. The van der Waals surface area contributed by atoms with E-state index >= 15 is 0 Å². The number of aryl methyl sites for hydroxylation is 1. The Morgan fingerprint density at radius 3 is 1.90 bits per heavy atom. The zero-order chi connectivity index (χ0) is 22.1. The Morgan fingerprint density at radius 1 is 0.867 bits per heavy atom. The van der Waals surface area contributed by atoms with Crippen molar-refractivity contribution < 1.29 is 19.0 Å². The molecule has 0 spiro atoms. The summed E-state index contributed by atoms with van der Waals surface area (Å²) >= 11 is 0. The van der Waals surface area contributed by atoms with Crippen LogP contribution >= 0.6 is 0 Å². The molecule has 2 rings (SSSR count). The highest BCUT2D eigenvalue weighted by Gasteiger charge is 2.19. The number of hydrogen-bond acceptors (Lipinski definition) is 5. The van der Waals surface area contributed by atoms with Gasteiger partial charge in [-0.3, -0.25) is 4.79 Å². The van der Waals surface area contributed by atoms with Gasteiger partial charge in [-0.25, -0.2) is 0 Å². The van der Waals surface area contributed by atoms with Crippen molar-refractivity contribution in [2.45, 2.75) is 41.5 Å². The van der Waals surface area contributed by atoms with E-state index in [2.05, 4.69) is 30.1 Å².